The van der Waals surface area contributed by atoms with Crippen LogP contribution < -0.4 is 0 Å². The van der Waals surface area contributed by atoms with Gasteiger partial charge in [-0.3, -0.25) is 0 Å². The molecule has 5 nitrogen and oxygen atoms in total. The molecule has 0 saturated carbocycles. The third-order valence-electron chi connectivity index (χ3n) is 4.86. The number of carbonyl (C=O) groups is 2. The molecule has 0 radical (unpaired) electrons. The van der Waals surface area contributed by atoms with Crippen LogP contribution in [-0.2, 0) is 23.8 Å². The summed E-state index contributed by atoms with van der Waals surface area (Å²) in [6.45, 7) is 5.72. The average molecular weight is 439 g/mol. The molecule has 0 aliphatic rings. The SMILES string of the molecule is CCCCCCCOC(CC=CCC=O)OC(CC=CCC=O)OCCCCCCC. The lowest BCUT2D eigenvalue weighted by atomic mass is 10.2. The summed E-state index contributed by atoms with van der Waals surface area (Å²) in [6.07, 6.45) is 22.2. The molecule has 180 valence electrons. The molecule has 2 atom stereocenters. The number of unbranched alkanes of at least 4 members (excludes halogenated alkanes) is 8. The number of carbonyl (C=O) groups excluding carboxylic acids is 2. The minimum Gasteiger partial charge on any atom is -0.352 e. The Hall–Kier alpha value is -1.30. The molecule has 0 bridgehead atoms. The van der Waals surface area contributed by atoms with E-state index in [9.17, 15) is 9.59 Å². The molecule has 0 aromatic rings. The van der Waals surface area contributed by atoms with E-state index in [1.807, 2.05) is 24.3 Å². The molecule has 0 aromatic carbocycles. The second-order valence-electron chi connectivity index (χ2n) is 7.78. The first kappa shape index (κ1) is 29.7. The number of hydrogen-bond donors (Lipinski definition) is 0. The fourth-order valence-corrected chi connectivity index (χ4v) is 3.05. The molecule has 0 N–H and O–H groups in total. The van der Waals surface area contributed by atoms with Crippen molar-refractivity contribution >= 4 is 12.6 Å². The minimum atomic E-state index is -0.404. The normalized spacial score (nSPS) is 13.7. The zero-order chi connectivity index (χ0) is 22.8. The summed E-state index contributed by atoms with van der Waals surface area (Å²) in [5.41, 5.74) is 0. The molecule has 0 amide bonds. The van der Waals surface area contributed by atoms with Crippen LogP contribution >= 0.6 is 0 Å². The van der Waals surface area contributed by atoms with Gasteiger partial charge in [0.2, 0.25) is 0 Å². The summed E-state index contributed by atoms with van der Waals surface area (Å²) in [6, 6.07) is 0. The van der Waals surface area contributed by atoms with Crippen molar-refractivity contribution in [1.82, 2.24) is 0 Å². The van der Waals surface area contributed by atoms with Crippen LogP contribution in [0, 0.1) is 0 Å². The second kappa shape index (κ2) is 25.0. The van der Waals surface area contributed by atoms with Crippen molar-refractivity contribution in [1.29, 1.82) is 0 Å². The van der Waals surface area contributed by atoms with E-state index in [2.05, 4.69) is 13.8 Å². The number of ether oxygens (including phenoxy) is 3. The van der Waals surface area contributed by atoms with Crippen molar-refractivity contribution < 1.29 is 23.8 Å². The Morgan fingerprint density at radius 1 is 0.581 bits per heavy atom. The van der Waals surface area contributed by atoms with Crippen molar-refractivity contribution in [2.75, 3.05) is 13.2 Å². The van der Waals surface area contributed by atoms with Crippen LogP contribution in [0.15, 0.2) is 24.3 Å². The topological polar surface area (TPSA) is 61.8 Å². The summed E-state index contributed by atoms with van der Waals surface area (Å²) >= 11 is 0. The molecule has 5 heteroatoms. The highest BCUT2D eigenvalue weighted by Crippen LogP contribution is 2.14. The average Bonchev–Trinajstić information content (AvgIpc) is 2.78. The predicted octanol–water partition coefficient (Wildman–Crippen LogP) is 6.70. The Labute approximate surface area is 190 Å². The Morgan fingerprint density at radius 2 is 1.00 bits per heavy atom. The third-order valence-corrected chi connectivity index (χ3v) is 4.86. The maximum absolute atomic E-state index is 10.5. The van der Waals surface area contributed by atoms with Gasteiger partial charge in [-0.05, 0) is 12.8 Å². The van der Waals surface area contributed by atoms with Gasteiger partial charge in [-0.1, -0.05) is 89.5 Å². The molecule has 0 fully saturated rings. The maximum atomic E-state index is 10.5. The lowest BCUT2D eigenvalue weighted by Gasteiger charge is -2.24. The number of allylic oxidation sites excluding steroid dienone is 2. The van der Waals surface area contributed by atoms with Crippen molar-refractivity contribution in [3.63, 3.8) is 0 Å². The van der Waals surface area contributed by atoms with Gasteiger partial charge in [-0.25, -0.2) is 0 Å². The highest BCUT2D eigenvalue weighted by molar-refractivity contribution is 5.52. The molecular formula is C26H46O5. The van der Waals surface area contributed by atoms with E-state index >= 15 is 0 Å². The molecule has 0 aliphatic carbocycles. The van der Waals surface area contributed by atoms with Gasteiger partial charge in [-0.2, -0.15) is 0 Å². The quantitative estimate of drug-likeness (QED) is 0.0726. The van der Waals surface area contributed by atoms with E-state index in [4.69, 9.17) is 14.2 Å². The van der Waals surface area contributed by atoms with Crippen molar-refractivity contribution in [2.24, 2.45) is 0 Å². The first-order valence-electron chi connectivity index (χ1n) is 12.3. The van der Waals surface area contributed by atoms with Crippen molar-refractivity contribution in [3.8, 4) is 0 Å². The van der Waals surface area contributed by atoms with Gasteiger partial charge in [0.1, 0.15) is 12.6 Å². The van der Waals surface area contributed by atoms with Gasteiger partial charge in [0.05, 0.1) is 0 Å². The lowest BCUT2D eigenvalue weighted by Crippen LogP contribution is -2.27. The van der Waals surface area contributed by atoms with Gasteiger partial charge in [0.25, 0.3) is 0 Å². The zero-order valence-corrected chi connectivity index (χ0v) is 20.0. The first-order chi connectivity index (χ1) is 15.3. The highest BCUT2D eigenvalue weighted by atomic mass is 16.8. The largest absolute Gasteiger partial charge is 0.352 e. The van der Waals surface area contributed by atoms with Crippen LogP contribution in [0.25, 0.3) is 0 Å². The van der Waals surface area contributed by atoms with Crippen LogP contribution in [-0.4, -0.2) is 38.4 Å². The smallest absolute Gasteiger partial charge is 0.164 e. The Kier molecular flexibility index (Phi) is 23.9. The van der Waals surface area contributed by atoms with Crippen LogP contribution in [0.3, 0.4) is 0 Å². The van der Waals surface area contributed by atoms with Crippen molar-refractivity contribution in [3.05, 3.63) is 24.3 Å². The highest BCUT2D eigenvalue weighted by Gasteiger charge is 2.16. The van der Waals surface area contributed by atoms with Gasteiger partial charge < -0.3 is 23.8 Å². The van der Waals surface area contributed by atoms with E-state index in [0.29, 0.717) is 38.9 Å². The Bertz CT molecular complexity index is 407. The fraction of sp³-hybridized carbons (Fsp3) is 0.769. The number of hydrogen-bond acceptors (Lipinski definition) is 5. The van der Waals surface area contributed by atoms with Gasteiger partial charge in [0, 0.05) is 38.9 Å². The number of rotatable bonds is 24. The van der Waals surface area contributed by atoms with E-state index in [-0.39, 0.29) is 0 Å². The number of aldehydes is 2. The van der Waals surface area contributed by atoms with Gasteiger partial charge in [-0.15, -0.1) is 0 Å². The van der Waals surface area contributed by atoms with E-state index in [1.165, 1.54) is 38.5 Å². The van der Waals surface area contributed by atoms with Crippen LogP contribution in [0.2, 0.25) is 0 Å². The second-order valence-corrected chi connectivity index (χ2v) is 7.78. The minimum absolute atomic E-state index is 0.399. The zero-order valence-electron chi connectivity index (χ0n) is 20.0. The molecule has 0 saturated heterocycles. The summed E-state index contributed by atoms with van der Waals surface area (Å²) < 4.78 is 18.1. The summed E-state index contributed by atoms with van der Waals surface area (Å²) in [5, 5.41) is 0. The third kappa shape index (κ3) is 21.7. The summed E-state index contributed by atoms with van der Waals surface area (Å²) in [5.74, 6) is 0. The lowest BCUT2D eigenvalue weighted by molar-refractivity contribution is -0.243. The summed E-state index contributed by atoms with van der Waals surface area (Å²) in [7, 11) is 0. The standard InChI is InChI=1S/C26H46O5/c1-3-5-7-9-17-23-29-25(19-13-11-15-21-27)31-26(20-14-12-16-22-28)30-24-18-10-8-6-4-2/h11-14,21-22,25-26H,3-10,15-20,23-24H2,1-2H3. The van der Waals surface area contributed by atoms with E-state index in [0.717, 1.165) is 38.3 Å². The fourth-order valence-electron chi connectivity index (χ4n) is 3.05. The molecule has 0 heterocycles. The molecule has 0 rings (SSSR count). The molecule has 0 aliphatic heterocycles. The Balaban J connectivity index is 4.64. The summed E-state index contributed by atoms with van der Waals surface area (Å²) in [4.78, 5) is 21.1. The van der Waals surface area contributed by atoms with E-state index < -0.39 is 12.6 Å². The van der Waals surface area contributed by atoms with Crippen LogP contribution in [0.1, 0.15) is 104 Å². The van der Waals surface area contributed by atoms with Crippen LogP contribution in [0.4, 0.5) is 0 Å². The predicted molar refractivity (Wildman–Crippen MR) is 127 cm³/mol. The van der Waals surface area contributed by atoms with E-state index in [1.54, 1.807) is 0 Å². The Morgan fingerprint density at radius 3 is 1.39 bits per heavy atom. The van der Waals surface area contributed by atoms with Crippen molar-refractivity contribution in [2.45, 2.75) is 116 Å². The van der Waals surface area contributed by atoms with Gasteiger partial charge in [0.15, 0.2) is 12.6 Å². The van der Waals surface area contributed by atoms with Crippen LogP contribution in [0.5, 0.6) is 0 Å². The maximum Gasteiger partial charge on any atom is 0.164 e. The molecular weight excluding hydrogens is 392 g/mol. The molecule has 0 aromatic heterocycles. The molecule has 31 heavy (non-hydrogen) atoms. The molecule has 0 spiro atoms. The monoisotopic (exact) mass is 438 g/mol. The molecule has 2 unspecified atom stereocenters. The first-order valence-corrected chi connectivity index (χ1v) is 12.3. The van der Waals surface area contributed by atoms with Gasteiger partial charge >= 0.3 is 0 Å².